The molecule has 0 aliphatic rings. The minimum atomic E-state index is -0.965. The third-order valence-corrected chi connectivity index (χ3v) is 2.86. The van der Waals surface area contributed by atoms with Crippen molar-refractivity contribution in [3.8, 4) is 0 Å². The number of carboxylic acid groups (broad SMARTS) is 1. The summed E-state index contributed by atoms with van der Waals surface area (Å²) >= 11 is 0. The summed E-state index contributed by atoms with van der Waals surface area (Å²) in [6, 6.07) is -0.766. The first kappa shape index (κ1) is 15.9. The van der Waals surface area contributed by atoms with Crippen molar-refractivity contribution in [1.29, 1.82) is 0 Å². The van der Waals surface area contributed by atoms with Gasteiger partial charge in [-0.3, -0.25) is 4.79 Å². The molecule has 1 amide bonds. The summed E-state index contributed by atoms with van der Waals surface area (Å²) in [7, 11) is 0. The third-order valence-electron chi connectivity index (χ3n) is 2.86. The van der Waals surface area contributed by atoms with Crippen LogP contribution in [0.5, 0.6) is 0 Å². The van der Waals surface area contributed by atoms with E-state index in [-0.39, 0.29) is 11.8 Å². The van der Waals surface area contributed by atoms with Crippen molar-refractivity contribution >= 4 is 11.9 Å². The average Bonchev–Trinajstić information content (AvgIpc) is 2.30. The summed E-state index contributed by atoms with van der Waals surface area (Å²) in [5.74, 6) is -1.05. The molecule has 2 atom stereocenters. The third kappa shape index (κ3) is 6.94. The van der Waals surface area contributed by atoms with Crippen molar-refractivity contribution in [3.63, 3.8) is 0 Å². The summed E-state index contributed by atoms with van der Waals surface area (Å²) in [4.78, 5) is 22.5. The van der Waals surface area contributed by atoms with Crippen LogP contribution in [0.15, 0.2) is 0 Å². The van der Waals surface area contributed by atoms with Crippen LogP contribution in [0.1, 0.15) is 46.0 Å². The molecule has 0 spiro atoms. The molecule has 0 radical (unpaired) electrons. The highest BCUT2D eigenvalue weighted by Gasteiger charge is 2.20. The lowest BCUT2D eigenvalue weighted by molar-refractivity contribution is -0.142. The number of hydrogen-bond donors (Lipinski definition) is 3. The molecular formula is C12H24N2O3. The molecule has 0 fully saturated rings. The lowest BCUT2D eigenvalue weighted by Gasteiger charge is -2.16. The van der Waals surface area contributed by atoms with Gasteiger partial charge in [-0.25, -0.2) is 4.79 Å². The van der Waals surface area contributed by atoms with Crippen LogP contribution in [0.2, 0.25) is 0 Å². The van der Waals surface area contributed by atoms with Gasteiger partial charge in [0.1, 0.15) is 6.04 Å². The van der Waals surface area contributed by atoms with E-state index in [0.29, 0.717) is 19.4 Å². The minimum Gasteiger partial charge on any atom is -0.480 e. The summed E-state index contributed by atoms with van der Waals surface area (Å²) < 4.78 is 0. The topological polar surface area (TPSA) is 92.4 Å². The van der Waals surface area contributed by atoms with Crippen molar-refractivity contribution in [2.75, 3.05) is 6.54 Å². The fraction of sp³-hybridized carbons (Fsp3) is 0.833. The first-order chi connectivity index (χ1) is 8.04. The Labute approximate surface area is 103 Å². The lowest BCUT2D eigenvalue weighted by atomic mass is 10.0. The molecule has 0 saturated carbocycles. The summed E-state index contributed by atoms with van der Waals surface area (Å²) in [6.07, 6.45) is 3.34. The van der Waals surface area contributed by atoms with E-state index in [9.17, 15) is 9.59 Å². The molecule has 0 heterocycles. The van der Waals surface area contributed by atoms with Crippen molar-refractivity contribution in [2.45, 2.75) is 52.0 Å². The summed E-state index contributed by atoms with van der Waals surface area (Å²) in [6.45, 7) is 4.41. The van der Waals surface area contributed by atoms with Gasteiger partial charge in [-0.2, -0.15) is 0 Å². The number of aliphatic carboxylic acids is 1. The number of amides is 1. The summed E-state index contributed by atoms with van der Waals surface area (Å²) in [5.41, 5.74) is 5.51. The Balaban J connectivity index is 4.15. The van der Waals surface area contributed by atoms with Gasteiger partial charge in [-0.15, -0.1) is 0 Å². The van der Waals surface area contributed by atoms with Gasteiger partial charge in [0.25, 0.3) is 0 Å². The van der Waals surface area contributed by atoms with Crippen LogP contribution in [0, 0.1) is 5.92 Å². The van der Waals surface area contributed by atoms with Crippen LogP contribution in [0.4, 0.5) is 0 Å². The van der Waals surface area contributed by atoms with Crippen LogP contribution < -0.4 is 11.1 Å². The van der Waals surface area contributed by atoms with Gasteiger partial charge in [0, 0.05) is 6.42 Å². The molecule has 0 aromatic carbocycles. The zero-order valence-corrected chi connectivity index (χ0v) is 10.7. The quantitative estimate of drug-likeness (QED) is 0.566. The van der Waals surface area contributed by atoms with Crippen LogP contribution in [-0.4, -0.2) is 29.6 Å². The zero-order valence-electron chi connectivity index (χ0n) is 10.7. The highest BCUT2D eigenvalue weighted by atomic mass is 16.4. The molecule has 5 heteroatoms. The second-order valence-electron chi connectivity index (χ2n) is 4.31. The fourth-order valence-electron chi connectivity index (χ4n) is 1.58. The number of unbranched alkanes of at least 4 members (excludes halogenated alkanes) is 1. The molecule has 2 unspecified atom stereocenters. The van der Waals surface area contributed by atoms with Crippen LogP contribution in [0.25, 0.3) is 0 Å². The normalized spacial score (nSPS) is 14.1. The molecule has 17 heavy (non-hydrogen) atoms. The lowest BCUT2D eigenvalue weighted by Crippen LogP contribution is -2.41. The van der Waals surface area contributed by atoms with Gasteiger partial charge in [-0.05, 0) is 18.9 Å². The SMILES string of the molecule is CCCCC(NC(=O)CC(CC)CN)C(=O)O. The standard InChI is InChI=1S/C12H24N2O3/c1-3-5-6-10(12(16)17)14-11(15)7-9(4-2)8-13/h9-10H,3-8,13H2,1-2H3,(H,14,15)(H,16,17). The van der Waals surface area contributed by atoms with E-state index in [4.69, 9.17) is 10.8 Å². The molecular weight excluding hydrogens is 220 g/mol. The minimum absolute atomic E-state index is 0.135. The van der Waals surface area contributed by atoms with E-state index in [1.54, 1.807) is 0 Å². The predicted molar refractivity (Wildman–Crippen MR) is 66.5 cm³/mol. The molecule has 0 bridgehead atoms. The van der Waals surface area contributed by atoms with Crippen molar-refractivity contribution in [2.24, 2.45) is 11.7 Å². The zero-order chi connectivity index (χ0) is 13.3. The second kappa shape index (κ2) is 8.98. The average molecular weight is 244 g/mol. The van der Waals surface area contributed by atoms with Gasteiger partial charge in [-0.1, -0.05) is 33.1 Å². The molecule has 0 aromatic heterocycles. The largest absolute Gasteiger partial charge is 0.480 e. The van der Waals surface area contributed by atoms with E-state index in [1.165, 1.54) is 0 Å². The Morgan fingerprint density at radius 1 is 1.35 bits per heavy atom. The maximum atomic E-state index is 11.6. The van der Waals surface area contributed by atoms with E-state index < -0.39 is 12.0 Å². The number of hydrogen-bond acceptors (Lipinski definition) is 3. The van der Waals surface area contributed by atoms with Crippen LogP contribution >= 0.6 is 0 Å². The number of carbonyl (C=O) groups excluding carboxylic acids is 1. The van der Waals surface area contributed by atoms with Crippen molar-refractivity contribution in [3.05, 3.63) is 0 Å². The van der Waals surface area contributed by atoms with Gasteiger partial charge < -0.3 is 16.2 Å². The Kier molecular flexibility index (Phi) is 8.40. The van der Waals surface area contributed by atoms with E-state index in [2.05, 4.69) is 5.32 Å². The van der Waals surface area contributed by atoms with Crippen molar-refractivity contribution < 1.29 is 14.7 Å². The Morgan fingerprint density at radius 3 is 2.41 bits per heavy atom. The first-order valence-corrected chi connectivity index (χ1v) is 6.27. The van der Waals surface area contributed by atoms with E-state index in [1.807, 2.05) is 13.8 Å². The molecule has 0 aromatic rings. The Bertz CT molecular complexity index is 240. The molecule has 0 aliphatic carbocycles. The van der Waals surface area contributed by atoms with Gasteiger partial charge in [0.2, 0.25) is 5.91 Å². The highest BCUT2D eigenvalue weighted by Crippen LogP contribution is 2.07. The van der Waals surface area contributed by atoms with Crippen LogP contribution in [-0.2, 0) is 9.59 Å². The predicted octanol–water partition coefficient (Wildman–Crippen LogP) is 1.12. The molecule has 0 aliphatic heterocycles. The molecule has 5 nitrogen and oxygen atoms in total. The second-order valence-corrected chi connectivity index (χ2v) is 4.31. The fourth-order valence-corrected chi connectivity index (χ4v) is 1.58. The monoisotopic (exact) mass is 244 g/mol. The Morgan fingerprint density at radius 2 is 2.00 bits per heavy atom. The molecule has 0 saturated heterocycles. The molecule has 4 N–H and O–H groups in total. The number of carboxylic acids is 1. The summed E-state index contributed by atoms with van der Waals surface area (Å²) in [5, 5.41) is 11.5. The van der Waals surface area contributed by atoms with Gasteiger partial charge in [0.05, 0.1) is 0 Å². The van der Waals surface area contributed by atoms with Gasteiger partial charge in [0.15, 0.2) is 0 Å². The first-order valence-electron chi connectivity index (χ1n) is 6.27. The van der Waals surface area contributed by atoms with Crippen LogP contribution in [0.3, 0.4) is 0 Å². The smallest absolute Gasteiger partial charge is 0.326 e. The number of nitrogens with one attached hydrogen (secondary N) is 1. The number of nitrogens with two attached hydrogens (primary N) is 1. The molecule has 0 rings (SSSR count). The number of rotatable bonds is 9. The van der Waals surface area contributed by atoms with E-state index in [0.717, 1.165) is 19.3 Å². The van der Waals surface area contributed by atoms with Crippen molar-refractivity contribution in [1.82, 2.24) is 5.32 Å². The maximum Gasteiger partial charge on any atom is 0.326 e. The van der Waals surface area contributed by atoms with E-state index >= 15 is 0 Å². The molecule has 100 valence electrons. The number of carbonyl (C=O) groups is 2. The Hall–Kier alpha value is -1.10. The van der Waals surface area contributed by atoms with Gasteiger partial charge >= 0.3 is 5.97 Å². The highest BCUT2D eigenvalue weighted by molar-refractivity contribution is 5.83. The maximum absolute atomic E-state index is 11.6.